The predicted octanol–water partition coefficient (Wildman–Crippen LogP) is 3.62. The van der Waals surface area contributed by atoms with E-state index in [9.17, 15) is 19.2 Å². The van der Waals surface area contributed by atoms with E-state index in [0.717, 1.165) is 24.1 Å². The Kier molecular flexibility index (Phi) is 7.86. The molecule has 1 aromatic carbocycles. The van der Waals surface area contributed by atoms with Crippen molar-refractivity contribution in [3.8, 4) is 0 Å². The van der Waals surface area contributed by atoms with Crippen molar-refractivity contribution in [1.82, 2.24) is 14.7 Å². The highest BCUT2D eigenvalue weighted by atomic mass is 16.5. The molecule has 3 amide bonds. The minimum atomic E-state index is -0.934. The Hall–Kier alpha value is -3.88. The smallest absolute Gasteiger partial charge is 0.318 e. The first-order valence-electron chi connectivity index (χ1n) is 13.8. The van der Waals surface area contributed by atoms with Crippen molar-refractivity contribution in [2.24, 2.45) is 11.3 Å². The van der Waals surface area contributed by atoms with E-state index >= 15 is 0 Å². The average molecular weight is 534 g/mol. The molecule has 9 nitrogen and oxygen atoms in total. The zero-order valence-corrected chi connectivity index (χ0v) is 22.3. The van der Waals surface area contributed by atoms with Crippen LogP contribution in [0.5, 0.6) is 0 Å². The minimum Gasteiger partial charge on any atom is -0.465 e. The molecular formula is C30H35N3O6. The maximum atomic E-state index is 13.9. The van der Waals surface area contributed by atoms with Crippen LogP contribution in [0.1, 0.15) is 55.1 Å². The fourth-order valence-electron chi connectivity index (χ4n) is 6.09. The number of hydrogen-bond donors (Lipinski definition) is 0. The second-order valence-corrected chi connectivity index (χ2v) is 10.4. The number of carbonyl (C=O) groups excluding carboxylic acids is 4. The zero-order chi connectivity index (χ0) is 27.4. The second-order valence-electron chi connectivity index (χ2n) is 10.4. The molecule has 2 aromatic rings. The van der Waals surface area contributed by atoms with E-state index in [-0.39, 0.29) is 48.9 Å². The van der Waals surface area contributed by atoms with Gasteiger partial charge in [-0.25, -0.2) is 0 Å². The first-order chi connectivity index (χ1) is 18.9. The van der Waals surface area contributed by atoms with Gasteiger partial charge in [-0.3, -0.25) is 19.2 Å². The average Bonchev–Trinajstić information content (AvgIpc) is 3.51. The molecule has 0 unspecified atom stereocenters. The largest absolute Gasteiger partial charge is 0.465 e. The minimum absolute atomic E-state index is 0.0185. The van der Waals surface area contributed by atoms with Crippen molar-refractivity contribution >= 4 is 23.7 Å². The molecule has 0 spiro atoms. The summed E-state index contributed by atoms with van der Waals surface area (Å²) in [4.78, 5) is 58.5. The number of piperazine rings is 1. The number of nitrogens with zero attached hydrogens (tertiary/aromatic N) is 3. The summed E-state index contributed by atoms with van der Waals surface area (Å²) in [5.74, 6) is -1.14. The van der Waals surface area contributed by atoms with Crippen LogP contribution in [0.2, 0.25) is 0 Å². The second kappa shape index (κ2) is 11.5. The van der Waals surface area contributed by atoms with E-state index < -0.39 is 11.3 Å². The topological polar surface area (TPSA) is 100 Å². The molecule has 1 aliphatic carbocycles. The Labute approximate surface area is 228 Å². The number of allylic oxidation sites excluding steroid dienone is 1. The van der Waals surface area contributed by atoms with Crippen LogP contribution in [-0.4, -0.2) is 71.2 Å². The summed E-state index contributed by atoms with van der Waals surface area (Å²) in [5.41, 5.74) is 0.741. The number of piperidine rings is 1. The van der Waals surface area contributed by atoms with E-state index in [1.807, 2.05) is 36.4 Å². The van der Waals surface area contributed by atoms with Crippen molar-refractivity contribution in [1.29, 1.82) is 0 Å². The molecule has 3 heterocycles. The van der Waals surface area contributed by atoms with E-state index in [2.05, 4.69) is 0 Å². The van der Waals surface area contributed by atoms with E-state index in [4.69, 9.17) is 9.15 Å². The third kappa shape index (κ3) is 5.35. The summed E-state index contributed by atoms with van der Waals surface area (Å²) in [5, 5.41) is 0. The van der Waals surface area contributed by atoms with Gasteiger partial charge in [0.25, 0.3) is 5.91 Å². The van der Waals surface area contributed by atoms with Crippen LogP contribution in [0.25, 0.3) is 0 Å². The normalized spacial score (nSPS) is 23.2. The quantitative estimate of drug-likeness (QED) is 0.504. The Balaban J connectivity index is 1.33. The molecular weight excluding hydrogens is 498 g/mol. The Bertz CT molecular complexity index is 1230. The number of carbonyl (C=O) groups is 4. The van der Waals surface area contributed by atoms with E-state index in [1.165, 1.54) is 6.26 Å². The van der Waals surface area contributed by atoms with Gasteiger partial charge in [-0.1, -0.05) is 36.4 Å². The highest BCUT2D eigenvalue weighted by Crippen LogP contribution is 2.50. The van der Waals surface area contributed by atoms with Gasteiger partial charge in [0.1, 0.15) is 5.41 Å². The molecule has 1 aromatic heterocycles. The van der Waals surface area contributed by atoms with Gasteiger partial charge in [-0.15, -0.1) is 0 Å². The highest BCUT2D eigenvalue weighted by molar-refractivity contribution is 5.93. The van der Waals surface area contributed by atoms with Gasteiger partial charge >= 0.3 is 5.97 Å². The number of amides is 3. The standard InChI is InChI=1S/C30H35N3O6/c1-2-38-29(37)30-13-7-6-12-25(30)33(21-22-9-4-3-5-10-22)27(35)23(20-30)19-26(34)31-14-16-32(17-15-31)28(36)24-11-8-18-39-24/h3-5,8-12,18,23H,2,6-7,13-17,19-21H2,1H3/t23-,30+/m1/s1. The maximum absolute atomic E-state index is 13.9. The van der Waals surface area contributed by atoms with Gasteiger partial charge in [0.15, 0.2) is 5.76 Å². The molecule has 39 heavy (non-hydrogen) atoms. The van der Waals surface area contributed by atoms with Crippen LogP contribution in [0.4, 0.5) is 0 Å². The van der Waals surface area contributed by atoms with Crippen LogP contribution >= 0.6 is 0 Å². The molecule has 0 saturated carbocycles. The first kappa shape index (κ1) is 26.7. The summed E-state index contributed by atoms with van der Waals surface area (Å²) >= 11 is 0. The van der Waals surface area contributed by atoms with Crippen LogP contribution in [-0.2, 0) is 25.7 Å². The molecule has 2 atom stereocenters. The van der Waals surface area contributed by atoms with Crippen LogP contribution in [0.15, 0.2) is 64.9 Å². The lowest BCUT2D eigenvalue weighted by Gasteiger charge is -2.48. The number of fused-ring (bicyclic) bond motifs is 1. The predicted molar refractivity (Wildman–Crippen MR) is 142 cm³/mol. The number of likely N-dealkylation sites (tertiary alicyclic amines) is 1. The third-order valence-corrected chi connectivity index (χ3v) is 8.06. The molecule has 5 rings (SSSR count). The molecule has 206 valence electrons. The lowest BCUT2D eigenvalue weighted by Crippen LogP contribution is -2.55. The number of benzene rings is 1. The molecule has 2 fully saturated rings. The van der Waals surface area contributed by atoms with Crippen LogP contribution in [0, 0.1) is 11.3 Å². The molecule has 0 bridgehead atoms. The zero-order valence-electron chi connectivity index (χ0n) is 22.3. The molecule has 2 saturated heterocycles. The van der Waals surface area contributed by atoms with Crippen molar-refractivity contribution in [3.63, 3.8) is 0 Å². The van der Waals surface area contributed by atoms with E-state index in [1.54, 1.807) is 33.8 Å². The van der Waals surface area contributed by atoms with Crippen LogP contribution in [0.3, 0.4) is 0 Å². The third-order valence-electron chi connectivity index (χ3n) is 8.06. The summed E-state index contributed by atoms with van der Waals surface area (Å²) in [6.07, 6.45) is 5.96. The van der Waals surface area contributed by atoms with Gasteiger partial charge < -0.3 is 23.9 Å². The number of furan rings is 1. The fourth-order valence-corrected chi connectivity index (χ4v) is 6.09. The van der Waals surface area contributed by atoms with Crippen molar-refractivity contribution < 1.29 is 28.3 Å². The number of ether oxygens (including phenoxy) is 1. The van der Waals surface area contributed by atoms with E-state index in [0.29, 0.717) is 39.1 Å². The Morgan fingerprint density at radius 3 is 2.46 bits per heavy atom. The Morgan fingerprint density at radius 2 is 1.77 bits per heavy atom. The summed E-state index contributed by atoms with van der Waals surface area (Å²) in [6.45, 7) is 3.93. The first-order valence-corrected chi connectivity index (χ1v) is 13.8. The lowest BCUT2D eigenvalue weighted by atomic mass is 9.66. The summed E-state index contributed by atoms with van der Waals surface area (Å²) in [6, 6.07) is 13.0. The van der Waals surface area contributed by atoms with Crippen LogP contribution < -0.4 is 0 Å². The fraction of sp³-hybridized carbons (Fsp3) is 0.467. The van der Waals surface area contributed by atoms with Crippen molar-refractivity contribution in [2.45, 2.75) is 45.6 Å². The van der Waals surface area contributed by atoms with Gasteiger partial charge in [0.2, 0.25) is 11.8 Å². The number of hydrogen-bond acceptors (Lipinski definition) is 6. The number of esters is 1. The Morgan fingerprint density at radius 1 is 1.03 bits per heavy atom. The molecule has 3 aliphatic rings. The van der Waals surface area contributed by atoms with Crippen molar-refractivity contribution in [3.05, 3.63) is 71.8 Å². The monoisotopic (exact) mass is 533 g/mol. The molecule has 2 aliphatic heterocycles. The van der Waals surface area contributed by atoms with Crippen molar-refractivity contribution in [2.75, 3.05) is 32.8 Å². The summed E-state index contributed by atoms with van der Waals surface area (Å²) in [7, 11) is 0. The van der Waals surface area contributed by atoms with Gasteiger partial charge in [-0.2, -0.15) is 0 Å². The summed E-state index contributed by atoms with van der Waals surface area (Å²) < 4.78 is 10.8. The number of rotatable bonds is 7. The lowest BCUT2D eigenvalue weighted by molar-refractivity contribution is -0.163. The molecule has 0 N–H and O–H groups in total. The molecule has 0 radical (unpaired) electrons. The van der Waals surface area contributed by atoms with Gasteiger partial charge in [-0.05, 0) is 50.3 Å². The maximum Gasteiger partial charge on any atom is 0.318 e. The molecule has 9 heteroatoms. The van der Waals surface area contributed by atoms with Gasteiger partial charge in [0.05, 0.1) is 19.4 Å². The SMILES string of the molecule is CCOC(=O)[C@]12CCCC=C1N(Cc1ccccc1)C(=O)[C@H](CC(=O)N1CCN(C(=O)c3ccco3)CC1)C2. The highest BCUT2D eigenvalue weighted by Gasteiger charge is 2.54. The van der Waals surface area contributed by atoms with Gasteiger partial charge in [0, 0.05) is 44.2 Å².